The van der Waals surface area contributed by atoms with Crippen LogP contribution in [0.3, 0.4) is 0 Å². The minimum atomic E-state index is -0.625. The van der Waals surface area contributed by atoms with E-state index in [2.05, 4.69) is 0 Å². The normalized spacial score (nSPS) is 10.8. The van der Waals surface area contributed by atoms with E-state index in [4.69, 9.17) is 5.11 Å². The molecule has 0 aliphatic carbocycles. The molecule has 2 nitrogen and oxygen atoms in total. The van der Waals surface area contributed by atoms with Crippen LogP contribution >= 0.6 is 0 Å². The Kier molecular flexibility index (Phi) is 4.07. The topological polar surface area (TPSA) is 37.3 Å². The second-order valence-electron chi connectivity index (χ2n) is 0.570. The van der Waals surface area contributed by atoms with Crippen molar-refractivity contribution >= 4 is 18.6 Å². The molecule has 0 radical (unpaired) electrons. The van der Waals surface area contributed by atoms with Crippen LogP contribution in [0.2, 0.25) is 5.82 Å². The number of carbonyl (C=O) groups is 1. The molecule has 0 aromatic rings. The molecule has 1 unspecified atom stereocenters. The van der Waals surface area contributed by atoms with Gasteiger partial charge in [-0.2, -0.15) is 0 Å². The first-order valence-electron chi connectivity index (χ1n) is 1.21. The second kappa shape index (κ2) is 3.73. The molecule has 1 N–H and O–H groups in total. The van der Waals surface area contributed by atoms with Crippen LogP contribution < -0.4 is 0 Å². The van der Waals surface area contributed by atoms with Crippen molar-refractivity contribution in [3.05, 3.63) is 0 Å². The maximum absolute atomic E-state index is 9.65. The molecule has 38 valence electrons. The summed E-state index contributed by atoms with van der Waals surface area (Å²) in [6, 6.07) is 0. The van der Waals surface area contributed by atoms with Gasteiger partial charge >= 0.3 is 47.3 Å². The third kappa shape index (κ3) is 4.55. The molecule has 0 fully saturated rings. The van der Waals surface area contributed by atoms with E-state index in [0.717, 1.165) is 13.0 Å². The first-order valence-corrected chi connectivity index (χ1v) is 6.97. The SMILES string of the molecule is [CH3][Fe][AsH]C(=O)O. The van der Waals surface area contributed by atoms with Gasteiger partial charge in [-0.3, -0.25) is 0 Å². The first kappa shape index (κ1) is 6.55. The number of rotatable bonds is 2. The Balaban J connectivity index is 2.83. The third-order valence-corrected chi connectivity index (χ3v) is 3.51. The van der Waals surface area contributed by atoms with Crippen molar-refractivity contribution in [3.8, 4) is 0 Å². The van der Waals surface area contributed by atoms with Crippen LogP contribution in [-0.4, -0.2) is 23.7 Å². The maximum atomic E-state index is 9.65. The van der Waals surface area contributed by atoms with Gasteiger partial charge in [-0.05, 0) is 0 Å². The van der Waals surface area contributed by atoms with Crippen molar-refractivity contribution in [3.63, 3.8) is 0 Å². The predicted molar refractivity (Wildman–Crippen MR) is 21.0 cm³/mol. The molecule has 6 heavy (non-hydrogen) atoms. The first-order chi connectivity index (χ1) is 2.77. The van der Waals surface area contributed by atoms with E-state index < -0.39 is 18.6 Å². The predicted octanol–water partition coefficient (Wildman–Crippen LogP) is 0.146. The van der Waals surface area contributed by atoms with Gasteiger partial charge in [-0.1, -0.05) is 0 Å². The van der Waals surface area contributed by atoms with E-state index in [1.54, 1.807) is 0 Å². The van der Waals surface area contributed by atoms with E-state index in [-0.39, 0.29) is 0 Å². The Labute approximate surface area is 47.6 Å². The second-order valence-corrected chi connectivity index (χ2v) is 6.88. The van der Waals surface area contributed by atoms with Crippen LogP contribution in [0.25, 0.3) is 0 Å². The quantitative estimate of drug-likeness (QED) is 0.632. The molecule has 0 aliphatic rings. The van der Waals surface area contributed by atoms with Crippen molar-refractivity contribution in [2.75, 3.05) is 0 Å². The molecule has 0 bridgehead atoms. The number of hydrogen-bond acceptors (Lipinski definition) is 1. The standard InChI is InChI=1S/CH2AsO2.CH3.Fe/c2-1(3)4;;/h2H,(H,3,4);1H3;/q-1;;+1. The van der Waals surface area contributed by atoms with Crippen molar-refractivity contribution in [1.82, 2.24) is 0 Å². The van der Waals surface area contributed by atoms with E-state index >= 15 is 0 Å². The van der Waals surface area contributed by atoms with Crippen molar-refractivity contribution < 1.29 is 22.9 Å². The Morgan fingerprint density at radius 2 is 2.50 bits per heavy atom. The number of hydrogen-bond donors (Lipinski definition) is 1. The molecule has 0 heterocycles. The molecule has 0 aliphatic heterocycles. The average Bonchev–Trinajstić information content (AvgIpc) is 1.35. The van der Waals surface area contributed by atoms with Crippen molar-refractivity contribution in [2.45, 2.75) is 5.82 Å². The Bertz CT molecular complexity index is 55.5. The summed E-state index contributed by atoms with van der Waals surface area (Å²) < 4.78 is -0.586. The molecule has 0 aromatic carbocycles. The fourth-order valence-corrected chi connectivity index (χ4v) is 1.62. The molecule has 0 spiro atoms. The van der Waals surface area contributed by atoms with Gasteiger partial charge in [0.05, 0.1) is 0 Å². The summed E-state index contributed by atoms with van der Waals surface area (Å²) in [5.41, 5.74) is 0. The monoisotopic (exact) mass is 192 g/mol. The van der Waals surface area contributed by atoms with Gasteiger partial charge in [0.25, 0.3) is 0 Å². The molecule has 0 aromatic heterocycles. The molecule has 0 rings (SSSR count). The molecule has 0 amide bonds. The Morgan fingerprint density at radius 3 is 2.50 bits per heavy atom. The molecule has 1 atom stereocenters. The summed E-state index contributed by atoms with van der Waals surface area (Å²) in [6.07, 6.45) is 0. The van der Waals surface area contributed by atoms with Crippen LogP contribution in [0.5, 0.6) is 0 Å². The summed E-state index contributed by atoms with van der Waals surface area (Å²) in [5, 5.41) is 7.97. The van der Waals surface area contributed by atoms with E-state index in [1.165, 1.54) is 0 Å². The van der Waals surface area contributed by atoms with Crippen molar-refractivity contribution in [2.24, 2.45) is 0 Å². The van der Waals surface area contributed by atoms with Gasteiger partial charge in [0.15, 0.2) is 0 Å². The van der Waals surface area contributed by atoms with Crippen LogP contribution in [0, 0.1) is 0 Å². The summed E-state index contributed by atoms with van der Waals surface area (Å²) in [7, 11) is 0. The molecule has 0 saturated heterocycles. The van der Waals surface area contributed by atoms with Gasteiger partial charge in [-0.15, -0.1) is 0 Å². The molecular weight excluding hydrogens is 187 g/mol. The van der Waals surface area contributed by atoms with Gasteiger partial charge in [0.1, 0.15) is 0 Å². The van der Waals surface area contributed by atoms with E-state index in [1.807, 2.05) is 5.82 Å². The van der Waals surface area contributed by atoms with Gasteiger partial charge in [0, 0.05) is 0 Å². The zero-order chi connectivity index (χ0) is 4.99. The Morgan fingerprint density at radius 1 is 2.00 bits per heavy atom. The van der Waals surface area contributed by atoms with Gasteiger partial charge in [-0.25, -0.2) is 0 Å². The van der Waals surface area contributed by atoms with Crippen molar-refractivity contribution in [1.29, 1.82) is 0 Å². The van der Waals surface area contributed by atoms with Crippen LogP contribution in [-0.2, 0) is 13.0 Å². The fourth-order valence-electron chi connectivity index (χ4n) is 0.0756. The summed E-state index contributed by atoms with van der Waals surface area (Å²) in [5.74, 6) is 1.90. The summed E-state index contributed by atoms with van der Waals surface area (Å²) >= 11 is 0.231. The summed E-state index contributed by atoms with van der Waals surface area (Å²) in [4.78, 5) is 9.65. The van der Waals surface area contributed by atoms with Gasteiger partial charge < -0.3 is 0 Å². The molecule has 4 heteroatoms. The van der Waals surface area contributed by atoms with Gasteiger partial charge in [0.2, 0.25) is 0 Å². The number of carboxylic acid groups (broad SMARTS) is 1. The van der Waals surface area contributed by atoms with E-state index in [9.17, 15) is 4.79 Å². The van der Waals surface area contributed by atoms with Crippen LogP contribution in [0.4, 0.5) is 4.79 Å². The van der Waals surface area contributed by atoms with Crippen LogP contribution in [0.15, 0.2) is 0 Å². The average molecular weight is 192 g/mol. The fraction of sp³-hybridized carbons (Fsp3) is 0.500. The summed E-state index contributed by atoms with van der Waals surface area (Å²) in [6.45, 7) is 0. The zero-order valence-corrected chi connectivity index (χ0v) is 6.41. The van der Waals surface area contributed by atoms with Crippen LogP contribution in [0.1, 0.15) is 0 Å². The minimum absolute atomic E-state index is 0.586. The van der Waals surface area contributed by atoms with E-state index in [0.29, 0.717) is 0 Å². The molecule has 0 saturated carbocycles. The zero-order valence-electron chi connectivity index (χ0n) is 3.21. The Hall–Kier alpha value is 0.548. The third-order valence-electron chi connectivity index (χ3n) is 0.164. The molecular formula is C2H5AsFeO2.